The van der Waals surface area contributed by atoms with E-state index in [2.05, 4.69) is 28.5 Å². The van der Waals surface area contributed by atoms with Crippen molar-refractivity contribution in [2.45, 2.75) is 25.9 Å². The van der Waals surface area contributed by atoms with Crippen LogP contribution in [0.1, 0.15) is 19.8 Å². The summed E-state index contributed by atoms with van der Waals surface area (Å²) in [5.41, 5.74) is 0. The van der Waals surface area contributed by atoms with E-state index in [9.17, 15) is 0 Å². The van der Waals surface area contributed by atoms with E-state index in [4.69, 9.17) is 9.26 Å². The number of allylic oxidation sites excluding steroid dienone is 1. The minimum absolute atomic E-state index is 0.204. The zero-order valence-electron chi connectivity index (χ0n) is 7.25. The fraction of sp³-hybridized carbons (Fsp3) is 0.750. The standard InChI is InChI=1S/C8H17O2P/c1-3-4-5-8(9-2)6-7-10-11/h4-5,8H,3,6-7,11H2,1-2H3. The van der Waals surface area contributed by atoms with Crippen LogP contribution in [0.4, 0.5) is 0 Å². The summed E-state index contributed by atoms with van der Waals surface area (Å²) < 4.78 is 10.0. The van der Waals surface area contributed by atoms with E-state index < -0.39 is 0 Å². The van der Waals surface area contributed by atoms with Crippen molar-refractivity contribution in [2.24, 2.45) is 0 Å². The highest BCUT2D eigenvalue weighted by atomic mass is 31.0. The molecule has 0 rings (SSSR count). The second-order valence-corrected chi connectivity index (χ2v) is 2.60. The van der Waals surface area contributed by atoms with Gasteiger partial charge in [-0.25, -0.2) is 0 Å². The molecule has 0 aromatic rings. The molecule has 11 heavy (non-hydrogen) atoms. The van der Waals surface area contributed by atoms with E-state index in [1.165, 1.54) is 0 Å². The van der Waals surface area contributed by atoms with Crippen LogP contribution in [0, 0.1) is 0 Å². The van der Waals surface area contributed by atoms with Gasteiger partial charge < -0.3 is 9.26 Å². The fourth-order valence-corrected chi connectivity index (χ4v) is 0.901. The maximum atomic E-state index is 5.18. The Labute approximate surface area is 71.2 Å². The number of ether oxygens (including phenoxy) is 1. The summed E-state index contributed by atoms with van der Waals surface area (Å²) in [5, 5.41) is 0. The minimum Gasteiger partial charge on any atom is -0.377 e. The summed E-state index contributed by atoms with van der Waals surface area (Å²) in [5.74, 6) is 0. The van der Waals surface area contributed by atoms with Gasteiger partial charge in [0, 0.05) is 23.0 Å². The molecule has 3 heteroatoms. The summed E-state index contributed by atoms with van der Waals surface area (Å²) in [6.45, 7) is 2.83. The van der Waals surface area contributed by atoms with Crippen molar-refractivity contribution < 1.29 is 9.26 Å². The quantitative estimate of drug-likeness (QED) is 0.456. The van der Waals surface area contributed by atoms with Gasteiger partial charge in [0.1, 0.15) is 0 Å². The molecule has 0 saturated heterocycles. The minimum atomic E-state index is 0.204. The first-order chi connectivity index (χ1) is 5.35. The van der Waals surface area contributed by atoms with Gasteiger partial charge in [0.2, 0.25) is 0 Å². The molecule has 0 bridgehead atoms. The molecular formula is C8H17O2P. The SMILES string of the molecule is CCC=CC(CCOP)OC. The van der Waals surface area contributed by atoms with E-state index in [0.29, 0.717) is 0 Å². The molecule has 0 N–H and O–H groups in total. The average molecular weight is 176 g/mol. The number of hydrogen-bond donors (Lipinski definition) is 0. The van der Waals surface area contributed by atoms with Crippen LogP contribution in [0.5, 0.6) is 0 Å². The normalized spacial score (nSPS) is 14.1. The predicted molar refractivity (Wildman–Crippen MR) is 50.5 cm³/mol. The molecule has 2 atom stereocenters. The van der Waals surface area contributed by atoms with Gasteiger partial charge in [0.15, 0.2) is 0 Å². The van der Waals surface area contributed by atoms with Crippen molar-refractivity contribution in [1.29, 1.82) is 0 Å². The van der Waals surface area contributed by atoms with Crippen molar-refractivity contribution in [3.8, 4) is 0 Å². The first-order valence-electron chi connectivity index (χ1n) is 3.86. The molecule has 0 radical (unpaired) electrons. The van der Waals surface area contributed by atoms with Crippen LogP contribution in [0.3, 0.4) is 0 Å². The Kier molecular flexibility index (Phi) is 8.26. The van der Waals surface area contributed by atoms with Crippen LogP contribution in [0.25, 0.3) is 0 Å². The maximum Gasteiger partial charge on any atom is 0.0774 e. The molecule has 0 aliphatic heterocycles. The van der Waals surface area contributed by atoms with Crippen LogP contribution in [0.2, 0.25) is 0 Å². The molecule has 0 aromatic heterocycles. The van der Waals surface area contributed by atoms with Crippen LogP contribution < -0.4 is 0 Å². The van der Waals surface area contributed by atoms with Crippen LogP contribution >= 0.6 is 9.47 Å². The Hall–Kier alpha value is 0.0900. The van der Waals surface area contributed by atoms with E-state index in [0.717, 1.165) is 19.4 Å². The topological polar surface area (TPSA) is 18.5 Å². The third-order valence-electron chi connectivity index (χ3n) is 1.41. The molecule has 0 saturated carbocycles. The monoisotopic (exact) mass is 176 g/mol. The van der Waals surface area contributed by atoms with Gasteiger partial charge >= 0.3 is 0 Å². The van der Waals surface area contributed by atoms with Gasteiger partial charge in [0.05, 0.1) is 12.7 Å². The molecule has 0 aliphatic carbocycles. The van der Waals surface area contributed by atoms with Gasteiger partial charge in [-0.3, -0.25) is 0 Å². The van der Waals surface area contributed by atoms with Crippen molar-refractivity contribution in [2.75, 3.05) is 13.7 Å². The Morgan fingerprint density at radius 1 is 1.55 bits per heavy atom. The highest BCUT2D eigenvalue weighted by molar-refractivity contribution is 7.09. The van der Waals surface area contributed by atoms with Crippen LogP contribution in [0.15, 0.2) is 12.2 Å². The molecule has 0 aromatic carbocycles. The summed E-state index contributed by atoms with van der Waals surface area (Å²) in [7, 11) is 3.95. The first-order valence-corrected chi connectivity index (χ1v) is 4.33. The summed E-state index contributed by atoms with van der Waals surface area (Å²) >= 11 is 0. The van der Waals surface area contributed by atoms with Crippen molar-refractivity contribution in [3.63, 3.8) is 0 Å². The lowest BCUT2D eigenvalue weighted by molar-refractivity contribution is 0.120. The number of methoxy groups -OCH3 is 1. The summed E-state index contributed by atoms with van der Waals surface area (Å²) in [4.78, 5) is 0. The molecule has 0 aliphatic rings. The van der Waals surface area contributed by atoms with Crippen molar-refractivity contribution in [3.05, 3.63) is 12.2 Å². The third kappa shape index (κ3) is 6.49. The third-order valence-corrected chi connectivity index (χ3v) is 1.65. The Balaban J connectivity index is 3.48. The smallest absolute Gasteiger partial charge is 0.0774 e. The van der Waals surface area contributed by atoms with Gasteiger partial charge in [0.25, 0.3) is 0 Å². The fourth-order valence-electron chi connectivity index (χ4n) is 0.765. The number of rotatable bonds is 6. The van der Waals surface area contributed by atoms with Crippen LogP contribution in [-0.2, 0) is 9.26 Å². The van der Waals surface area contributed by atoms with Crippen LogP contribution in [-0.4, -0.2) is 19.8 Å². The van der Waals surface area contributed by atoms with E-state index in [-0.39, 0.29) is 6.10 Å². The Bertz CT molecular complexity index is 104. The van der Waals surface area contributed by atoms with Gasteiger partial charge in [-0.1, -0.05) is 19.1 Å². The Morgan fingerprint density at radius 2 is 2.27 bits per heavy atom. The van der Waals surface area contributed by atoms with Gasteiger partial charge in [-0.2, -0.15) is 0 Å². The maximum absolute atomic E-state index is 5.18. The molecule has 0 amide bonds. The van der Waals surface area contributed by atoms with Gasteiger partial charge in [-0.15, -0.1) is 0 Å². The highest BCUT2D eigenvalue weighted by Gasteiger charge is 1.99. The molecule has 0 spiro atoms. The highest BCUT2D eigenvalue weighted by Crippen LogP contribution is 2.01. The summed E-state index contributed by atoms with van der Waals surface area (Å²) in [6.07, 6.45) is 6.36. The number of hydrogen-bond acceptors (Lipinski definition) is 2. The molecule has 2 nitrogen and oxygen atoms in total. The zero-order valence-corrected chi connectivity index (χ0v) is 8.40. The largest absolute Gasteiger partial charge is 0.377 e. The molecular weight excluding hydrogens is 159 g/mol. The Morgan fingerprint density at radius 3 is 2.73 bits per heavy atom. The lowest BCUT2D eigenvalue weighted by atomic mass is 10.2. The first kappa shape index (κ1) is 11.1. The molecule has 2 unspecified atom stereocenters. The molecule has 0 heterocycles. The lowest BCUT2D eigenvalue weighted by Gasteiger charge is -2.08. The molecule has 0 fully saturated rings. The van der Waals surface area contributed by atoms with E-state index >= 15 is 0 Å². The van der Waals surface area contributed by atoms with Crippen molar-refractivity contribution >= 4 is 9.47 Å². The van der Waals surface area contributed by atoms with Crippen molar-refractivity contribution in [1.82, 2.24) is 0 Å². The summed E-state index contributed by atoms with van der Waals surface area (Å²) in [6, 6.07) is 0. The van der Waals surface area contributed by atoms with Gasteiger partial charge in [-0.05, 0) is 6.42 Å². The van der Waals surface area contributed by atoms with E-state index in [1.54, 1.807) is 7.11 Å². The molecule has 66 valence electrons. The zero-order chi connectivity index (χ0) is 8.53. The second-order valence-electron chi connectivity index (χ2n) is 2.27. The lowest BCUT2D eigenvalue weighted by Crippen LogP contribution is -2.08. The average Bonchev–Trinajstić information content (AvgIpc) is 2.05. The second kappa shape index (κ2) is 8.19. The van der Waals surface area contributed by atoms with E-state index in [1.807, 2.05) is 0 Å². The predicted octanol–water partition coefficient (Wildman–Crippen LogP) is 2.16.